The second kappa shape index (κ2) is 5.19. The molecule has 22 heavy (non-hydrogen) atoms. The van der Waals surface area contributed by atoms with Crippen LogP contribution >= 0.6 is 0 Å². The molecule has 1 aromatic carbocycles. The lowest BCUT2D eigenvalue weighted by Crippen LogP contribution is -2.44. The Hall–Kier alpha value is -2.24. The summed E-state index contributed by atoms with van der Waals surface area (Å²) in [5.74, 6) is 0.861. The first-order valence-electron chi connectivity index (χ1n) is 7.35. The van der Waals surface area contributed by atoms with Crippen LogP contribution in [-0.4, -0.2) is 30.7 Å². The summed E-state index contributed by atoms with van der Waals surface area (Å²) in [5, 5.41) is 2.93. The number of hydrogen-bond acceptors (Lipinski definition) is 4. The summed E-state index contributed by atoms with van der Waals surface area (Å²) in [6.07, 6.45) is 0.232. The van der Waals surface area contributed by atoms with E-state index in [1.54, 1.807) is 17.0 Å². The zero-order valence-electron chi connectivity index (χ0n) is 13.0. The molecule has 0 aromatic heterocycles. The van der Waals surface area contributed by atoms with Gasteiger partial charge in [-0.05, 0) is 32.9 Å². The highest BCUT2D eigenvalue weighted by molar-refractivity contribution is 6.00. The minimum absolute atomic E-state index is 0.0482. The molecule has 0 radical (unpaired) electrons. The maximum Gasteiger partial charge on any atom is 0.231 e. The van der Waals surface area contributed by atoms with Crippen LogP contribution in [0.5, 0.6) is 11.5 Å². The predicted molar refractivity (Wildman–Crippen MR) is 80.9 cm³/mol. The Labute approximate surface area is 129 Å². The monoisotopic (exact) mass is 304 g/mol. The molecule has 3 rings (SSSR count). The molecule has 1 saturated heterocycles. The molecule has 118 valence electrons. The number of hydrogen-bond donors (Lipinski definition) is 1. The van der Waals surface area contributed by atoms with Gasteiger partial charge in [0.2, 0.25) is 18.6 Å². The average molecular weight is 304 g/mol. The fourth-order valence-corrected chi connectivity index (χ4v) is 2.66. The van der Waals surface area contributed by atoms with Crippen LogP contribution in [0.15, 0.2) is 18.2 Å². The largest absolute Gasteiger partial charge is 0.454 e. The van der Waals surface area contributed by atoms with Crippen LogP contribution in [0.2, 0.25) is 0 Å². The van der Waals surface area contributed by atoms with Crippen LogP contribution in [0, 0.1) is 5.92 Å². The number of benzene rings is 1. The zero-order chi connectivity index (χ0) is 15.9. The Kier molecular flexibility index (Phi) is 3.47. The van der Waals surface area contributed by atoms with Gasteiger partial charge in [-0.2, -0.15) is 0 Å². The van der Waals surface area contributed by atoms with E-state index in [2.05, 4.69) is 5.32 Å². The molecular formula is C16H20N2O4. The first-order chi connectivity index (χ1) is 10.3. The van der Waals surface area contributed by atoms with Gasteiger partial charge in [-0.15, -0.1) is 0 Å². The highest BCUT2D eigenvalue weighted by Crippen LogP contribution is 2.37. The van der Waals surface area contributed by atoms with Crippen LogP contribution in [0.25, 0.3) is 0 Å². The van der Waals surface area contributed by atoms with E-state index in [1.165, 1.54) is 0 Å². The van der Waals surface area contributed by atoms with E-state index >= 15 is 0 Å². The molecule has 2 amide bonds. The van der Waals surface area contributed by atoms with Crippen molar-refractivity contribution in [3.63, 3.8) is 0 Å². The van der Waals surface area contributed by atoms with Gasteiger partial charge in [0.15, 0.2) is 11.5 Å². The third kappa shape index (κ3) is 2.86. The number of rotatable bonds is 2. The number of ether oxygens (including phenoxy) is 2. The lowest BCUT2D eigenvalue weighted by atomic mass is 10.0. The fourth-order valence-electron chi connectivity index (χ4n) is 2.66. The van der Waals surface area contributed by atoms with Crippen molar-refractivity contribution in [2.24, 2.45) is 5.92 Å². The molecule has 1 fully saturated rings. The summed E-state index contributed by atoms with van der Waals surface area (Å²) in [6, 6.07) is 5.38. The van der Waals surface area contributed by atoms with Gasteiger partial charge in [0.25, 0.3) is 0 Å². The van der Waals surface area contributed by atoms with E-state index < -0.39 is 0 Å². The number of anilines is 1. The molecule has 2 aliphatic heterocycles. The lowest BCUT2D eigenvalue weighted by molar-refractivity contribution is -0.127. The van der Waals surface area contributed by atoms with Crippen LogP contribution < -0.4 is 19.7 Å². The van der Waals surface area contributed by atoms with Crippen molar-refractivity contribution in [2.45, 2.75) is 32.7 Å². The molecular weight excluding hydrogens is 284 g/mol. The summed E-state index contributed by atoms with van der Waals surface area (Å²) in [6.45, 7) is 6.37. The van der Waals surface area contributed by atoms with Gasteiger partial charge in [-0.25, -0.2) is 0 Å². The second-order valence-corrected chi connectivity index (χ2v) is 6.68. The lowest BCUT2D eigenvalue weighted by Gasteiger charge is -2.23. The van der Waals surface area contributed by atoms with Crippen molar-refractivity contribution in [2.75, 3.05) is 18.2 Å². The van der Waals surface area contributed by atoms with Gasteiger partial charge < -0.3 is 19.7 Å². The van der Waals surface area contributed by atoms with Gasteiger partial charge in [-0.1, -0.05) is 0 Å². The van der Waals surface area contributed by atoms with Gasteiger partial charge >= 0.3 is 0 Å². The molecule has 0 saturated carbocycles. The summed E-state index contributed by atoms with van der Waals surface area (Å²) in [7, 11) is 0. The predicted octanol–water partition coefficient (Wildman–Crippen LogP) is 1.68. The van der Waals surface area contributed by atoms with E-state index in [0.29, 0.717) is 18.0 Å². The quantitative estimate of drug-likeness (QED) is 0.902. The topological polar surface area (TPSA) is 67.9 Å². The maximum absolute atomic E-state index is 12.2. The first-order valence-corrected chi connectivity index (χ1v) is 7.35. The van der Waals surface area contributed by atoms with Crippen molar-refractivity contribution in [3.8, 4) is 11.5 Å². The Balaban J connectivity index is 1.74. The van der Waals surface area contributed by atoms with Gasteiger partial charge in [0, 0.05) is 30.3 Å². The fraction of sp³-hybridized carbons (Fsp3) is 0.500. The van der Waals surface area contributed by atoms with E-state index in [0.717, 1.165) is 5.69 Å². The number of nitrogens with zero attached hydrogens (tertiary/aromatic N) is 1. The minimum atomic E-state index is -0.322. The van der Waals surface area contributed by atoms with Crippen molar-refractivity contribution < 1.29 is 19.1 Å². The van der Waals surface area contributed by atoms with Crippen molar-refractivity contribution in [1.29, 1.82) is 0 Å². The summed E-state index contributed by atoms with van der Waals surface area (Å²) >= 11 is 0. The second-order valence-electron chi connectivity index (χ2n) is 6.68. The molecule has 6 nitrogen and oxygen atoms in total. The van der Waals surface area contributed by atoms with E-state index in [4.69, 9.17) is 9.47 Å². The molecule has 0 spiro atoms. The van der Waals surface area contributed by atoms with Crippen LogP contribution in [-0.2, 0) is 9.59 Å². The Morgan fingerprint density at radius 3 is 2.73 bits per heavy atom. The van der Waals surface area contributed by atoms with Gasteiger partial charge in [-0.3, -0.25) is 9.59 Å². The summed E-state index contributed by atoms with van der Waals surface area (Å²) in [4.78, 5) is 26.1. The molecule has 2 aliphatic rings. The molecule has 6 heteroatoms. The number of carbonyl (C=O) groups excluding carboxylic acids is 2. The van der Waals surface area contributed by atoms with Crippen molar-refractivity contribution in [3.05, 3.63) is 18.2 Å². The summed E-state index contributed by atoms with van der Waals surface area (Å²) in [5.41, 5.74) is 0.437. The maximum atomic E-state index is 12.2. The Morgan fingerprint density at radius 1 is 1.27 bits per heavy atom. The standard InChI is InChI=1S/C16H20N2O4/c1-16(2,3)17-15(20)10-6-14(19)18(8-10)11-4-5-12-13(7-11)22-9-21-12/h4-5,7,10H,6,8-9H2,1-3H3,(H,17,20)/t10-/m0/s1. The molecule has 1 N–H and O–H groups in total. The van der Waals surface area contributed by atoms with Gasteiger partial charge in [0.05, 0.1) is 5.92 Å². The number of amides is 2. The highest BCUT2D eigenvalue weighted by atomic mass is 16.7. The summed E-state index contributed by atoms with van der Waals surface area (Å²) < 4.78 is 10.6. The van der Waals surface area contributed by atoms with Crippen LogP contribution in [0.4, 0.5) is 5.69 Å². The minimum Gasteiger partial charge on any atom is -0.454 e. The van der Waals surface area contributed by atoms with Crippen molar-refractivity contribution >= 4 is 17.5 Å². The SMILES string of the molecule is CC(C)(C)NC(=O)[C@H]1CC(=O)N(c2ccc3c(c2)OCO3)C1. The Bertz CT molecular complexity index is 621. The van der Waals surface area contributed by atoms with Crippen LogP contribution in [0.3, 0.4) is 0 Å². The smallest absolute Gasteiger partial charge is 0.231 e. The molecule has 1 atom stereocenters. The van der Waals surface area contributed by atoms with E-state index in [-0.39, 0.29) is 36.5 Å². The zero-order valence-corrected chi connectivity index (χ0v) is 13.0. The normalized spacial score (nSPS) is 20.4. The van der Waals surface area contributed by atoms with Crippen LogP contribution in [0.1, 0.15) is 27.2 Å². The first kappa shape index (κ1) is 14.7. The Morgan fingerprint density at radius 2 is 2.00 bits per heavy atom. The highest BCUT2D eigenvalue weighted by Gasteiger charge is 2.36. The number of carbonyl (C=O) groups is 2. The third-order valence-electron chi connectivity index (χ3n) is 3.66. The molecule has 1 aromatic rings. The molecule has 0 bridgehead atoms. The van der Waals surface area contributed by atoms with E-state index in [1.807, 2.05) is 26.8 Å². The van der Waals surface area contributed by atoms with Gasteiger partial charge in [0.1, 0.15) is 0 Å². The molecule has 0 aliphatic carbocycles. The average Bonchev–Trinajstić information content (AvgIpc) is 3.01. The third-order valence-corrected chi connectivity index (χ3v) is 3.66. The van der Waals surface area contributed by atoms with E-state index in [9.17, 15) is 9.59 Å². The molecule has 0 unspecified atom stereocenters. The number of fused-ring (bicyclic) bond motifs is 1. The molecule has 2 heterocycles. The van der Waals surface area contributed by atoms with Crippen molar-refractivity contribution in [1.82, 2.24) is 5.32 Å². The number of nitrogens with one attached hydrogen (secondary N) is 1.